The minimum absolute atomic E-state index is 0.0634. The van der Waals surface area contributed by atoms with Crippen LogP contribution >= 0.6 is 11.6 Å². The quantitative estimate of drug-likeness (QED) is 0.842. The fourth-order valence-corrected chi connectivity index (χ4v) is 4.28. The summed E-state index contributed by atoms with van der Waals surface area (Å²) in [6.45, 7) is 1.34. The van der Waals surface area contributed by atoms with Gasteiger partial charge in [0.2, 0.25) is 10.0 Å². The zero-order valence-corrected chi connectivity index (χ0v) is 14.4. The first kappa shape index (κ1) is 17.1. The molecule has 0 amide bonds. The van der Waals surface area contributed by atoms with Crippen LogP contribution in [0.15, 0.2) is 47.5 Å². The Bertz CT molecular complexity index is 832. The Labute approximate surface area is 145 Å². The number of aromatic nitrogens is 1. The van der Waals surface area contributed by atoms with E-state index in [4.69, 9.17) is 11.6 Å². The minimum Gasteiger partial charge on any atom is -0.370 e. The van der Waals surface area contributed by atoms with Gasteiger partial charge in [0.15, 0.2) is 0 Å². The van der Waals surface area contributed by atoms with Crippen LogP contribution in [0.3, 0.4) is 0 Å². The molecule has 8 heteroatoms. The van der Waals surface area contributed by atoms with Crippen molar-refractivity contribution in [1.82, 2.24) is 9.71 Å². The maximum atomic E-state index is 13.3. The van der Waals surface area contributed by atoms with Crippen LogP contribution in [0.25, 0.3) is 0 Å². The SMILES string of the molecule is O=S(=O)(NC1CCCN(c2ccnc(Cl)c2)C1)c1cccc(F)c1. The van der Waals surface area contributed by atoms with E-state index in [1.807, 2.05) is 6.07 Å². The Balaban J connectivity index is 1.73. The molecule has 1 aliphatic rings. The topological polar surface area (TPSA) is 62.3 Å². The summed E-state index contributed by atoms with van der Waals surface area (Å²) in [4.78, 5) is 5.95. The van der Waals surface area contributed by atoms with E-state index in [0.29, 0.717) is 11.7 Å². The number of hydrogen-bond acceptors (Lipinski definition) is 4. The average Bonchev–Trinajstić information content (AvgIpc) is 2.55. The highest BCUT2D eigenvalue weighted by atomic mass is 35.5. The van der Waals surface area contributed by atoms with Crippen LogP contribution in [0.1, 0.15) is 12.8 Å². The smallest absolute Gasteiger partial charge is 0.240 e. The Kier molecular flexibility index (Phi) is 5.03. The number of anilines is 1. The highest BCUT2D eigenvalue weighted by Crippen LogP contribution is 2.22. The predicted octanol–water partition coefficient (Wildman–Crippen LogP) is 2.82. The van der Waals surface area contributed by atoms with Crippen LogP contribution in [-0.2, 0) is 10.0 Å². The van der Waals surface area contributed by atoms with Crippen molar-refractivity contribution in [2.75, 3.05) is 18.0 Å². The van der Waals surface area contributed by atoms with E-state index in [1.165, 1.54) is 18.2 Å². The second-order valence-corrected chi connectivity index (χ2v) is 7.80. The lowest BCUT2D eigenvalue weighted by molar-refractivity contribution is 0.465. The Morgan fingerprint density at radius 3 is 2.88 bits per heavy atom. The number of nitrogens with one attached hydrogen (secondary N) is 1. The lowest BCUT2D eigenvalue weighted by Gasteiger charge is -2.34. The van der Waals surface area contributed by atoms with E-state index in [1.54, 1.807) is 12.3 Å². The molecule has 0 aliphatic carbocycles. The van der Waals surface area contributed by atoms with Gasteiger partial charge in [-0.05, 0) is 43.2 Å². The maximum Gasteiger partial charge on any atom is 0.240 e. The van der Waals surface area contributed by atoms with Gasteiger partial charge in [0.1, 0.15) is 11.0 Å². The molecule has 1 atom stereocenters. The van der Waals surface area contributed by atoms with Gasteiger partial charge in [-0.25, -0.2) is 22.5 Å². The first-order valence-electron chi connectivity index (χ1n) is 7.58. The number of benzene rings is 1. The van der Waals surface area contributed by atoms with Crippen molar-refractivity contribution in [1.29, 1.82) is 0 Å². The lowest BCUT2D eigenvalue weighted by Crippen LogP contribution is -2.47. The number of nitrogens with zero attached hydrogens (tertiary/aromatic N) is 2. The molecule has 0 saturated carbocycles. The van der Waals surface area contributed by atoms with Gasteiger partial charge in [-0.1, -0.05) is 17.7 Å². The molecule has 128 valence electrons. The predicted molar refractivity (Wildman–Crippen MR) is 91.2 cm³/mol. The minimum atomic E-state index is -3.75. The van der Waals surface area contributed by atoms with E-state index in [2.05, 4.69) is 14.6 Å². The van der Waals surface area contributed by atoms with Crippen molar-refractivity contribution >= 4 is 27.3 Å². The zero-order valence-electron chi connectivity index (χ0n) is 12.8. The number of halogens is 2. The van der Waals surface area contributed by atoms with E-state index in [-0.39, 0.29) is 10.9 Å². The number of hydrogen-bond donors (Lipinski definition) is 1. The molecule has 3 rings (SSSR count). The molecule has 1 fully saturated rings. The monoisotopic (exact) mass is 369 g/mol. The normalized spacial score (nSPS) is 18.6. The van der Waals surface area contributed by atoms with Crippen molar-refractivity contribution in [3.63, 3.8) is 0 Å². The molecule has 2 heterocycles. The summed E-state index contributed by atoms with van der Waals surface area (Å²) in [7, 11) is -3.75. The summed E-state index contributed by atoms with van der Waals surface area (Å²) in [6, 6.07) is 8.35. The van der Waals surface area contributed by atoms with Gasteiger partial charge in [0.05, 0.1) is 4.90 Å². The van der Waals surface area contributed by atoms with Gasteiger partial charge < -0.3 is 4.90 Å². The number of pyridine rings is 1. The molecule has 1 aliphatic heterocycles. The summed E-state index contributed by atoms with van der Waals surface area (Å²) in [5, 5.41) is 0.398. The molecule has 24 heavy (non-hydrogen) atoms. The molecule has 0 radical (unpaired) electrons. The highest BCUT2D eigenvalue weighted by Gasteiger charge is 2.25. The largest absolute Gasteiger partial charge is 0.370 e. The summed E-state index contributed by atoms with van der Waals surface area (Å²) in [6.07, 6.45) is 3.19. The average molecular weight is 370 g/mol. The Morgan fingerprint density at radius 1 is 1.29 bits per heavy atom. The molecular formula is C16H17ClFN3O2S. The van der Waals surface area contributed by atoms with Gasteiger partial charge >= 0.3 is 0 Å². The first-order valence-corrected chi connectivity index (χ1v) is 9.44. The zero-order chi connectivity index (χ0) is 17.2. The first-order chi connectivity index (χ1) is 11.4. The van der Waals surface area contributed by atoms with Gasteiger partial charge in [-0.2, -0.15) is 0 Å². The highest BCUT2D eigenvalue weighted by molar-refractivity contribution is 7.89. The van der Waals surface area contributed by atoms with E-state index in [9.17, 15) is 12.8 Å². The van der Waals surface area contributed by atoms with Gasteiger partial charge in [-0.3, -0.25) is 0 Å². The Hall–Kier alpha value is -1.70. The van der Waals surface area contributed by atoms with E-state index >= 15 is 0 Å². The number of sulfonamides is 1. The molecule has 5 nitrogen and oxygen atoms in total. The molecule has 0 spiro atoms. The van der Waals surface area contributed by atoms with E-state index < -0.39 is 15.8 Å². The number of rotatable bonds is 4. The van der Waals surface area contributed by atoms with Crippen LogP contribution < -0.4 is 9.62 Å². The molecule has 1 aromatic carbocycles. The third-order valence-electron chi connectivity index (χ3n) is 3.92. The van der Waals surface area contributed by atoms with Gasteiger partial charge in [0, 0.05) is 31.0 Å². The van der Waals surface area contributed by atoms with Crippen molar-refractivity contribution in [3.05, 3.63) is 53.6 Å². The third-order valence-corrected chi connectivity index (χ3v) is 5.65. The van der Waals surface area contributed by atoms with Crippen LogP contribution in [0.5, 0.6) is 0 Å². The fraction of sp³-hybridized carbons (Fsp3) is 0.312. The number of piperidine rings is 1. The van der Waals surface area contributed by atoms with Crippen molar-refractivity contribution in [2.24, 2.45) is 0 Å². The molecule has 0 bridgehead atoms. The van der Waals surface area contributed by atoms with E-state index in [0.717, 1.165) is 31.1 Å². The molecule has 2 aromatic rings. The Morgan fingerprint density at radius 2 is 2.12 bits per heavy atom. The van der Waals surface area contributed by atoms with Crippen LogP contribution in [0.2, 0.25) is 5.15 Å². The fourth-order valence-electron chi connectivity index (χ4n) is 2.82. The molecule has 1 unspecified atom stereocenters. The van der Waals surface area contributed by atoms with Crippen LogP contribution in [-0.4, -0.2) is 32.5 Å². The maximum absolute atomic E-state index is 13.3. The third kappa shape index (κ3) is 4.03. The van der Waals surface area contributed by atoms with Crippen LogP contribution in [0.4, 0.5) is 10.1 Å². The summed E-state index contributed by atoms with van der Waals surface area (Å²) < 4.78 is 40.8. The summed E-state index contributed by atoms with van der Waals surface area (Å²) in [5.41, 5.74) is 0.907. The van der Waals surface area contributed by atoms with Crippen molar-refractivity contribution in [2.45, 2.75) is 23.8 Å². The molecule has 1 aromatic heterocycles. The second-order valence-electron chi connectivity index (χ2n) is 5.70. The summed E-state index contributed by atoms with van der Waals surface area (Å²) >= 11 is 5.92. The molecular weight excluding hydrogens is 353 g/mol. The second kappa shape index (κ2) is 7.04. The van der Waals surface area contributed by atoms with Crippen molar-refractivity contribution in [3.8, 4) is 0 Å². The molecule has 1 saturated heterocycles. The molecule has 1 N–H and O–H groups in total. The lowest BCUT2D eigenvalue weighted by atomic mass is 10.1. The van der Waals surface area contributed by atoms with Gasteiger partial charge in [-0.15, -0.1) is 0 Å². The standard InChI is InChI=1S/C16H17ClFN3O2S/c17-16-10-14(6-7-19-16)21-8-2-4-13(11-21)20-24(22,23)15-5-1-3-12(18)9-15/h1,3,5-7,9-10,13,20H,2,4,8,11H2. The van der Waals surface area contributed by atoms with Crippen molar-refractivity contribution < 1.29 is 12.8 Å². The van der Waals surface area contributed by atoms with Gasteiger partial charge in [0.25, 0.3) is 0 Å². The summed E-state index contributed by atoms with van der Waals surface area (Å²) in [5.74, 6) is -0.574. The van der Waals surface area contributed by atoms with Crippen LogP contribution in [0, 0.1) is 5.82 Å².